The second-order valence-electron chi connectivity index (χ2n) is 7.54. The molecule has 3 atom stereocenters. The molecule has 0 radical (unpaired) electrons. The van der Waals surface area contributed by atoms with Crippen molar-refractivity contribution >= 4 is 0 Å². The van der Waals surface area contributed by atoms with Gasteiger partial charge in [-0.25, -0.2) is 0 Å². The third-order valence-corrected chi connectivity index (χ3v) is 5.34. The van der Waals surface area contributed by atoms with Gasteiger partial charge in [-0.15, -0.1) is 0 Å². The third kappa shape index (κ3) is 5.25. The molecule has 2 N–H and O–H groups in total. The van der Waals surface area contributed by atoms with Crippen LogP contribution >= 0.6 is 0 Å². The molecule has 0 bridgehead atoms. The molecule has 140 valence electrons. The quantitative estimate of drug-likeness (QED) is 0.718. The van der Waals surface area contributed by atoms with E-state index in [-0.39, 0.29) is 23.9 Å². The summed E-state index contributed by atoms with van der Waals surface area (Å²) in [5, 5.41) is 20.3. The van der Waals surface area contributed by atoms with E-state index in [0.717, 1.165) is 56.3 Å². The summed E-state index contributed by atoms with van der Waals surface area (Å²) in [5.41, 5.74) is 2.30. The van der Waals surface area contributed by atoms with Gasteiger partial charge in [0.1, 0.15) is 11.5 Å². The molecule has 0 aromatic heterocycles. The Bertz CT molecular complexity index is 683. The number of aliphatic hydroxyl groups excluding tert-OH is 1. The van der Waals surface area contributed by atoms with Crippen LogP contribution in [0.15, 0.2) is 48.5 Å². The van der Waals surface area contributed by atoms with Crippen molar-refractivity contribution in [3.63, 3.8) is 0 Å². The zero-order chi connectivity index (χ0) is 18.4. The van der Waals surface area contributed by atoms with Crippen molar-refractivity contribution < 1.29 is 14.9 Å². The molecule has 3 unspecified atom stereocenters. The van der Waals surface area contributed by atoms with Crippen molar-refractivity contribution in [2.24, 2.45) is 0 Å². The SMILES string of the molecule is CC(CCCc1ccccc1)Oc1ccc(C2CCCC(O)C2)c(O)c1. The van der Waals surface area contributed by atoms with E-state index < -0.39 is 0 Å². The summed E-state index contributed by atoms with van der Waals surface area (Å²) in [6.07, 6.45) is 6.64. The highest BCUT2D eigenvalue weighted by Crippen LogP contribution is 2.38. The summed E-state index contributed by atoms with van der Waals surface area (Å²) >= 11 is 0. The topological polar surface area (TPSA) is 49.7 Å². The Morgan fingerprint density at radius 1 is 1.12 bits per heavy atom. The number of aliphatic hydroxyl groups is 1. The fourth-order valence-corrected chi connectivity index (χ4v) is 3.92. The standard InChI is InChI=1S/C23H30O3/c1-17(7-5-10-18-8-3-2-4-9-18)26-21-13-14-22(23(25)16-21)19-11-6-12-20(24)15-19/h2-4,8-9,13-14,16-17,19-20,24-25H,5-7,10-12,15H2,1H3. The number of rotatable bonds is 7. The molecule has 3 nitrogen and oxygen atoms in total. The molecular formula is C23H30O3. The second kappa shape index (κ2) is 9.09. The van der Waals surface area contributed by atoms with E-state index in [9.17, 15) is 10.2 Å². The fraction of sp³-hybridized carbons (Fsp3) is 0.478. The summed E-state index contributed by atoms with van der Waals surface area (Å²) in [6, 6.07) is 16.1. The maximum atomic E-state index is 10.4. The number of aromatic hydroxyl groups is 1. The predicted molar refractivity (Wildman–Crippen MR) is 105 cm³/mol. The zero-order valence-electron chi connectivity index (χ0n) is 15.6. The predicted octanol–water partition coefficient (Wildman–Crippen LogP) is 5.20. The smallest absolute Gasteiger partial charge is 0.123 e. The first kappa shape index (κ1) is 18.8. The molecule has 0 aliphatic heterocycles. The van der Waals surface area contributed by atoms with Gasteiger partial charge in [-0.2, -0.15) is 0 Å². The fourth-order valence-electron chi connectivity index (χ4n) is 3.92. The lowest BCUT2D eigenvalue weighted by Gasteiger charge is -2.27. The highest BCUT2D eigenvalue weighted by atomic mass is 16.5. The number of phenols is 1. The molecule has 1 aliphatic carbocycles. The highest BCUT2D eigenvalue weighted by molar-refractivity contribution is 5.42. The van der Waals surface area contributed by atoms with Crippen molar-refractivity contribution in [2.45, 2.75) is 70.0 Å². The van der Waals surface area contributed by atoms with E-state index in [2.05, 4.69) is 31.2 Å². The van der Waals surface area contributed by atoms with Gasteiger partial charge < -0.3 is 14.9 Å². The van der Waals surface area contributed by atoms with E-state index in [1.54, 1.807) is 6.07 Å². The van der Waals surface area contributed by atoms with Gasteiger partial charge in [-0.1, -0.05) is 42.8 Å². The Morgan fingerprint density at radius 2 is 1.92 bits per heavy atom. The molecule has 0 spiro atoms. The molecule has 2 aromatic rings. The van der Waals surface area contributed by atoms with Crippen LogP contribution in [-0.4, -0.2) is 22.4 Å². The van der Waals surface area contributed by atoms with Gasteiger partial charge in [0.05, 0.1) is 12.2 Å². The van der Waals surface area contributed by atoms with Gasteiger partial charge in [0.2, 0.25) is 0 Å². The van der Waals surface area contributed by atoms with Crippen LogP contribution in [0.3, 0.4) is 0 Å². The first-order valence-electron chi connectivity index (χ1n) is 9.83. The van der Waals surface area contributed by atoms with Gasteiger partial charge in [0, 0.05) is 6.07 Å². The first-order chi connectivity index (χ1) is 12.6. The number of hydrogen-bond donors (Lipinski definition) is 2. The molecule has 3 heteroatoms. The summed E-state index contributed by atoms with van der Waals surface area (Å²) in [7, 11) is 0. The lowest BCUT2D eigenvalue weighted by atomic mass is 9.82. The lowest BCUT2D eigenvalue weighted by molar-refractivity contribution is 0.119. The molecule has 3 rings (SSSR count). The number of aryl methyl sites for hydroxylation is 1. The Labute approximate surface area is 156 Å². The minimum atomic E-state index is -0.242. The normalized spacial score (nSPS) is 21.3. The minimum Gasteiger partial charge on any atom is -0.508 e. The first-order valence-corrected chi connectivity index (χ1v) is 9.83. The zero-order valence-corrected chi connectivity index (χ0v) is 15.6. The van der Waals surface area contributed by atoms with Crippen molar-refractivity contribution in [3.8, 4) is 11.5 Å². The van der Waals surface area contributed by atoms with Crippen LogP contribution in [0.5, 0.6) is 11.5 Å². The van der Waals surface area contributed by atoms with Crippen molar-refractivity contribution in [2.75, 3.05) is 0 Å². The second-order valence-corrected chi connectivity index (χ2v) is 7.54. The van der Waals surface area contributed by atoms with Gasteiger partial charge >= 0.3 is 0 Å². The average Bonchev–Trinajstić information content (AvgIpc) is 2.63. The molecule has 0 saturated heterocycles. The van der Waals surface area contributed by atoms with Crippen LogP contribution in [0.4, 0.5) is 0 Å². The van der Waals surface area contributed by atoms with Gasteiger partial charge in [0.15, 0.2) is 0 Å². The molecule has 0 heterocycles. The largest absolute Gasteiger partial charge is 0.508 e. The monoisotopic (exact) mass is 354 g/mol. The number of phenolic OH excluding ortho intramolecular Hbond substituents is 1. The Balaban J connectivity index is 1.50. The van der Waals surface area contributed by atoms with Crippen LogP contribution in [0.25, 0.3) is 0 Å². The van der Waals surface area contributed by atoms with E-state index in [0.29, 0.717) is 0 Å². The van der Waals surface area contributed by atoms with Crippen LogP contribution in [0, 0.1) is 0 Å². The van der Waals surface area contributed by atoms with E-state index in [1.807, 2.05) is 18.2 Å². The average molecular weight is 354 g/mol. The van der Waals surface area contributed by atoms with Crippen LogP contribution < -0.4 is 4.74 Å². The number of hydrogen-bond acceptors (Lipinski definition) is 3. The maximum Gasteiger partial charge on any atom is 0.123 e. The van der Waals surface area contributed by atoms with Crippen LogP contribution in [-0.2, 0) is 6.42 Å². The van der Waals surface area contributed by atoms with E-state index >= 15 is 0 Å². The molecule has 26 heavy (non-hydrogen) atoms. The van der Waals surface area contributed by atoms with Crippen molar-refractivity contribution in [3.05, 3.63) is 59.7 Å². The van der Waals surface area contributed by atoms with E-state index in [4.69, 9.17) is 4.74 Å². The van der Waals surface area contributed by atoms with Gasteiger partial charge in [-0.3, -0.25) is 0 Å². The molecule has 2 aromatic carbocycles. The van der Waals surface area contributed by atoms with Gasteiger partial charge in [-0.05, 0) is 68.6 Å². The molecule has 0 amide bonds. The Morgan fingerprint density at radius 3 is 2.65 bits per heavy atom. The molecular weight excluding hydrogens is 324 g/mol. The van der Waals surface area contributed by atoms with Crippen molar-refractivity contribution in [1.82, 2.24) is 0 Å². The summed E-state index contributed by atoms with van der Waals surface area (Å²) in [4.78, 5) is 0. The van der Waals surface area contributed by atoms with Crippen LogP contribution in [0.1, 0.15) is 62.5 Å². The lowest BCUT2D eigenvalue weighted by Crippen LogP contribution is -2.18. The van der Waals surface area contributed by atoms with Crippen LogP contribution in [0.2, 0.25) is 0 Å². The van der Waals surface area contributed by atoms with Gasteiger partial charge in [0.25, 0.3) is 0 Å². The molecule has 1 fully saturated rings. The minimum absolute atomic E-state index is 0.112. The van der Waals surface area contributed by atoms with Crippen molar-refractivity contribution in [1.29, 1.82) is 0 Å². The highest BCUT2D eigenvalue weighted by Gasteiger charge is 2.24. The molecule has 1 saturated carbocycles. The Hall–Kier alpha value is -2.00. The van der Waals surface area contributed by atoms with E-state index in [1.165, 1.54) is 5.56 Å². The number of benzene rings is 2. The maximum absolute atomic E-state index is 10.4. The third-order valence-electron chi connectivity index (χ3n) is 5.34. The summed E-state index contributed by atoms with van der Waals surface area (Å²) in [5.74, 6) is 1.25. The Kier molecular flexibility index (Phi) is 6.56. The summed E-state index contributed by atoms with van der Waals surface area (Å²) < 4.78 is 5.99. The summed E-state index contributed by atoms with van der Waals surface area (Å²) in [6.45, 7) is 2.08. The number of ether oxygens (including phenoxy) is 1. The molecule has 1 aliphatic rings.